The number of rotatable bonds is 4. The van der Waals surface area contributed by atoms with Crippen molar-refractivity contribution in [2.75, 3.05) is 0 Å². The second-order valence-electron chi connectivity index (χ2n) is 4.34. The van der Waals surface area contributed by atoms with E-state index in [1.165, 1.54) is 5.56 Å². The van der Waals surface area contributed by atoms with E-state index in [2.05, 4.69) is 26.0 Å². The van der Waals surface area contributed by atoms with Crippen molar-refractivity contribution >= 4 is 5.97 Å². The summed E-state index contributed by atoms with van der Waals surface area (Å²) in [6.45, 7) is 6.03. The molecule has 0 spiro atoms. The first-order chi connectivity index (χ1) is 7.00. The van der Waals surface area contributed by atoms with Gasteiger partial charge in [-0.05, 0) is 23.5 Å². The third kappa shape index (κ3) is 3.39. The second kappa shape index (κ2) is 4.96. The topological polar surface area (TPSA) is 37.3 Å². The zero-order valence-corrected chi connectivity index (χ0v) is 9.53. The maximum atomic E-state index is 10.7. The monoisotopic (exact) mass is 206 g/mol. The van der Waals surface area contributed by atoms with Crippen LogP contribution < -0.4 is 0 Å². The van der Waals surface area contributed by atoms with Crippen LogP contribution in [0.5, 0.6) is 0 Å². The minimum Gasteiger partial charge on any atom is -0.481 e. The molecule has 1 unspecified atom stereocenters. The Morgan fingerprint density at radius 3 is 2.13 bits per heavy atom. The van der Waals surface area contributed by atoms with Crippen LogP contribution in [0.2, 0.25) is 0 Å². The van der Waals surface area contributed by atoms with Crippen LogP contribution in [0.1, 0.15) is 37.8 Å². The van der Waals surface area contributed by atoms with Gasteiger partial charge in [0.05, 0.1) is 5.92 Å². The quantitative estimate of drug-likeness (QED) is 0.822. The van der Waals surface area contributed by atoms with Crippen molar-refractivity contribution < 1.29 is 9.90 Å². The lowest BCUT2D eigenvalue weighted by atomic mass is 9.97. The van der Waals surface area contributed by atoms with Crippen molar-refractivity contribution in [1.29, 1.82) is 0 Å². The smallest absolute Gasteiger partial charge is 0.306 e. The van der Waals surface area contributed by atoms with Gasteiger partial charge in [0.1, 0.15) is 0 Å². The normalized spacial score (nSPS) is 12.8. The minimum absolute atomic E-state index is 0.310. The number of carboxylic acid groups (broad SMARTS) is 1. The van der Waals surface area contributed by atoms with E-state index in [9.17, 15) is 4.79 Å². The van der Waals surface area contributed by atoms with Gasteiger partial charge in [0.2, 0.25) is 0 Å². The summed E-state index contributed by atoms with van der Waals surface area (Å²) in [4.78, 5) is 10.7. The largest absolute Gasteiger partial charge is 0.481 e. The molecule has 82 valence electrons. The van der Waals surface area contributed by atoms with Gasteiger partial charge in [-0.2, -0.15) is 0 Å². The van der Waals surface area contributed by atoms with Gasteiger partial charge in [-0.15, -0.1) is 0 Å². The summed E-state index contributed by atoms with van der Waals surface area (Å²) in [5.74, 6) is -0.520. The number of carboxylic acids is 1. The van der Waals surface area contributed by atoms with Gasteiger partial charge in [-0.1, -0.05) is 45.0 Å². The van der Waals surface area contributed by atoms with E-state index in [1.807, 2.05) is 12.1 Å². The van der Waals surface area contributed by atoms with Crippen molar-refractivity contribution in [1.82, 2.24) is 0 Å². The number of carbonyl (C=O) groups is 1. The lowest BCUT2D eigenvalue weighted by Crippen LogP contribution is -2.12. The van der Waals surface area contributed by atoms with E-state index in [4.69, 9.17) is 5.11 Å². The average Bonchev–Trinajstić information content (AvgIpc) is 2.18. The highest BCUT2D eigenvalue weighted by molar-refractivity contribution is 5.69. The van der Waals surface area contributed by atoms with Crippen LogP contribution in [-0.2, 0) is 11.2 Å². The lowest BCUT2D eigenvalue weighted by molar-refractivity contribution is -0.141. The van der Waals surface area contributed by atoms with Gasteiger partial charge in [0, 0.05) is 0 Å². The molecule has 2 nitrogen and oxygen atoms in total. The van der Waals surface area contributed by atoms with E-state index >= 15 is 0 Å². The Morgan fingerprint density at radius 2 is 1.73 bits per heavy atom. The summed E-state index contributed by atoms with van der Waals surface area (Å²) in [7, 11) is 0. The molecule has 1 aromatic rings. The standard InChI is InChI=1S/C13H18O2/c1-9(2)12-6-4-11(5-7-12)8-10(3)13(14)15/h4-7,9-10H,8H2,1-3H3,(H,14,15). The summed E-state index contributed by atoms with van der Waals surface area (Å²) < 4.78 is 0. The van der Waals surface area contributed by atoms with Crippen LogP contribution in [0.15, 0.2) is 24.3 Å². The average molecular weight is 206 g/mol. The van der Waals surface area contributed by atoms with Crippen LogP contribution in [0.25, 0.3) is 0 Å². The first-order valence-corrected chi connectivity index (χ1v) is 5.32. The Hall–Kier alpha value is -1.31. The predicted molar refractivity (Wildman–Crippen MR) is 61.0 cm³/mol. The van der Waals surface area contributed by atoms with Crippen LogP contribution >= 0.6 is 0 Å². The van der Waals surface area contributed by atoms with E-state index in [0.29, 0.717) is 12.3 Å². The molecule has 1 rings (SSSR count). The number of hydrogen-bond acceptors (Lipinski definition) is 1. The first kappa shape index (κ1) is 11.8. The van der Waals surface area contributed by atoms with Crippen LogP contribution in [0, 0.1) is 5.92 Å². The summed E-state index contributed by atoms with van der Waals surface area (Å²) in [5, 5.41) is 8.79. The Kier molecular flexibility index (Phi) is 3.89. The van der Waals surface area contributed by atoms with Gasteiger partial charge in [0.15, 0.2) is 0 Å². The molecule has 0 aliphatic rings. The van der Waals surface area contributed by atoms with Crippen molar-refractivity contribution in [2.45, 2.75) is 33.1 Å². The Labute approximate surface area is 90.9 Å². The predicted octanol–water partition coefficient (Wildman–Crippen LogP) is 3.07. The molecule has 1 atom stereocenters. The molecule has 0 heterocycles. The number of hydrogen-bond donors (Lipinski definition) is 1. The lowest BCUT2D eigenvalue weighted by Gasteiger charge is -2.08. The first-order valence-electron chi connectivity index (χ1n) is 5.32. The number of aliphatic carboxylic acids is 1. The molecule has 0 fully saturated rings. The summed E-state index contributed by atoms with van der Waals surface area (Å²) in [6.07, 6.45) is 0.605. The molecule has 1 N–H and O–H groups in total. The fraction of sp³-hybridized carbons (Fsp3) is 0.462. The third-order valence-electron chi connectivity index (χ3n) is 2.61. The molecular formula is C13H18O2. The highest BCUT2D eigenvalue weighted by Crippen LogP contribution is 2.16. The van der Waals surface area contributed by atoms with Crippen molar-refractivity contribution in [3.8, 4) is 0 Å². The summed E-state index contributed by atoms with van der Waals surface area (Å²) >= 11 is 0. The maximum absolute atomic E-state index is 10.7. The van der Waals surface area contributed by atoms with Crippen LogP contribution in [-0.4, -0.2) is 11.1 Å². The molecular weight excluding hydrogens is 188 g/mol. The second-order valence-corrected chi connectivity index (χ2v) is 4.34. The van der Waals surface area contributed by atoms with E-state index < -0.39 is 5.97 Å². The van der Waals surface area contributed by atoms with E-state index in [-0.39, 0.29) is 5.92 Å². The fourth-order valence-electron chi connectivity index (χ4n) is 1.48. The summed E-state index contributed by atoms with van der Waals surface area (Å²) in [6, 6.07) is 8.20. The highest BCUT2D eigenvalue weighted by Gasteiger charge is 2.11. The molecule has 15 heavy (non-hydrogen) atoms. The molecule has 1 aromatic carbocycles. The molecule has 0 saturated heterocycles. The van der Waals surface area contributed by atoms with Crippen LogP contribution in [0.3, 0.4) is 0 Å². The molecule has 0 bridgehead atoms. The molecule has 0 radical (unpaired) electrons. The Balaban J connectivity index is 2.68. The van der Waals surface area contributed by atoms with E-state index in [0.717, 1.165) is 5.56 Å². The highest BCUT2D eigenvalue weighted by atomic mass is 16.4. The SMILES string of the molecule is CC(Cc1ccc(C(C)C)cc1)C(=O)O. The fourth-order valence-corrected chi connectivity index (χ4v) is 1.48. The molecule has 2 heteroatoms. The zero-order chi connectivity index (χ0) is 11.4. The molecule has 0 aromatic heterocycles. The maximum Gasteiger partial charge on any atom is 0.306 e. The number of benzene rings is 1. The molecule has 0 aliphatic heterocycles. The minimum atomic E-state index is -0.733. The van der Waals surface area contributed by atoms with Crippen LogP contribution in [0.4, 0.5) is 0 Å². The van der Waals surface area contributed by atoms with Crippen molar-refractivity contribution in [2.24, 2.45) is 5.92 Å². The molecule has 0 amide bonds. The Morgan fingerprint density at radius 1 is 1.20 bits per heavy atom. The third-order valence-corrected chi connectivity index (χ3v) is 2.61. The molecule has 0 aliphatic carbocycles. The van der Waals surface area contributed by atoms with Crippen molar-refractivity contribution in [3.63, 3.8) is 0 Å². The van der Waals surface area contributed by atoms with Gasteiger partial charge < -0.3 is 5.11 Å². The Bertz CT molecular complexity index is 325. The van der Waals surface area contributed by atoms with Gasteiger partial charge in [0.25, 0.3) is 0 Å². The van der Waals surface area contributed by atoms with Gasteiger partial charge in [-0.25, -0.2) is 0 Å². The van der Waals surface area contributed by atoms with Gasteiger partial charge >= 0.3 is 5.97 Å². The summed E-state index contributed by atoms with van der Waals surface area (Å²) in [5.41, 5.74) is 2.39. The van der Waals surface area contributed by atoms with E-state index in [1.54, 1.807) is 6.92 Å². The van der Waals surface area contributed by atoms with Gasteiger partial charge in [-0.3, -0.25) is 4.79 Å². The van der Waals surface area contributed by atoms with Crippen molar-refractivity contribution in [3.05, 3.63) is 35.4 Å². The zero-order valence-electron chi connectivity index (χ0n) is 9.53. The molecule has 0 saturated carbocycles.